The van der Waals surface area contributed by atoms with Crippen molar-refractivity contribution < 1.29 is 22.7 Å². The second kappa shape index (κ2) is 6.23. The van der Waals surface area contributed by atoms with Crippen LogP contribution in [-0.4, -0.2) is 9.67 Å². The average Bonchev–Trinajstić information content (AvgIpc) is 2.58. The average molecular weight is 349 g/mol. The molecule has 0 amide bonds. The van der Waals surface area contributed by atoms with Crippen LogP contribution in [0, 0.1) is 0 Å². The van der Waals surface area contributed by atoms with Crippen molar-refractivity contribution in [3.63, 3.8) is 0 Å². The maximum atomic E-state index is 13.4. The monoisotopic (exact) mass is 349 g/mol. The first kappa shape index (κ1) is 17.0. The Morgan fingerprint density at radius 3 is 2.48 bits per heavy atom. The zero-order chi connectivity index (χ0) is 18.2. The first-order valence-corrected chi connectivity index (χ1v) is 7.79. The molecule has 0 saturated carbocycles. The Balaban J connectivity index is 2.45. The fourth-order valence-corrected chi connectivity index (χ4v) is 2.91. The van der Waals surface area contributed by atoms with E-state index in [1.54, 1.807) is 18.2 Å². The van der Waals surface area contributed by atoms with Crippen LogP contribution >= 0.6 is 0 Å². The van der Waals surface area contributed by atoms with Crippen molar-refractivity contribution in [1.82, 2.24) is 4.57 Å². The summed E-state index contributed by atoms with van der Waals surface area (Å²) in [6.07, 6.45) is -2.52. The SMILES string of the molecule is CCCn1c(O)c(-c2ccccc2C(F)(F)F)c(=O)[n+]2ccccc12. The van der Waals surface area contributed by atoms with Gasteiger partial charge in [-0.05, 0) is 18.6 Å². The van der Waals surface area contributed by atoms with E-state index in [1.165, 1.54) is 33.4 Å². The van der Waals surface area contributed by atoms with Gasteiger partial charge in [0.2, 0.25) is 0 Å². The highest BCUT2D eigenvalue weighted by atomic mass is 19.4. The standard InChI is InChI=1S/C18H15F3N2O2/c1-2-10-22-14-9-5-6-11-23(14)17(25)15(16(22)24)12-7-3-4-8-13(12)18(19,20)21/h3-9,11H,2,10H2,1H3/p+1. The number of rotatable bonds is 3. The van der Waals surface area contributed by atoms with E-state index in [0.29, 0.717) is 18.6 Å². The summed E-state index contributed by atoms with van der Waals surface area (Å²) in [5, 5.41) is 10.6. The minimum Gasteiger partial charge on any atom is -0.477 e. The molecule has 3 aromatic rings. The predicted molar refractivity (Wildman–Crippen MR) is 86.3 cm³/mol. The molecule has 0 atom stereocenters. The molecule has 1 aromatic carbocycles. The van der Waals surface area contributed by atoms with Gasteiger partial charge in [0.1, 0.15) is 0 Å². The Labute approximate surface area is 141 Å². The number of alkyl halides is 3. The van der Waals surface area contributed by atoms with Crippen LogP contribution in [0.15, 0.2) is 53.5 Å². The van der Waals surface area contributed by atoms with Crippen LogP contribution in [0.1, 0.15) is 18.9 Å². The molecule has 7 heteroatoms. The first-order chi connectivity index (χ1) is 11.9. The van der Waals surface area contributed by atoms with Crippen molar-refractivity contribution >= 4 is 5.65 Å². The van der Waals surface area contributed by atoms with E-state index in [9.17, 15) is 23.1 Å². The van der Waals surface area contributed by atoms with E-state index in [0.717, 1.165) is 6.07 Å². The molecule has 0 fully saturated rings. The molecule has 4 nitrogen and oxygen atoms in total. The highest BCUT2D eigenvalue weighted by molar-refractivity contribution is 5.71. The maximum Gasteiger partial charge on any atom is 0.417 e. The Bertz CT molecular complexity index is 994. The third kappa shape index (κ3) is 2.86. The lowest BCUT2D eigenvalue weighted by Gasteiger charge is -2.14. The molecule has 0 aliphatic carbocycles. The van der Waals surface area contributed by atoms with Crippen LogP contribution in [0.4, 0.5) is 13.2 Å². The number of aromatic nitrogens is 2. The van der Waals surface area contributed by atoms with Gasteiger partial charge < -0.3 is 5.11 Å². The van der Waals surface area contributed by atoms with Gasteiger partial charge in [0, 0.05) is 11.6 Å². The fraction of sp³-hybridized carbons (Fsp3) is 0.222. The smallest absolute Gasteiger partial charge is 0.417 e. The third-order valence-electron chi connectivity index (χ3n) is 3.98. The molecule has 25 heavy (non-hydrogen) atoms. The van der Waals surface area contributed by atoms with Crippen LogP contribution in [-0.2, 0) is 12.7 Å². The van der Waals surface area contributed by atoms with Crippen molar-refractivity contribution in [2.45, 2.75) is 26.1 Å². The zero-order valence-electron chi connectivity index (χ0n) is 13.4. The number of hydrogen-bond donors (Lipinski definition) is 1. The van der Waals surface area contributed by atoms with Gasteiger partial charge in [0.25, 0.3) is 11.5 Å². The van der Waals surface area contributed by atoms with Gasteiger partial charge in [0.15, 0.2) is 5.56 Å². The van der Waals surface area contributed by atoms with Gasteiger partial charge in [0.05, 0.1) is 18.3 Å². The molecule has 0 spiro atoms. The van der Waals surface area contributed by atoms with Crippen LogP contribution in [0.25, 0.3) is 16.8 Å². The predicted octanol–water partition coefficient (Wildman–Crippen LogP) is 3.39. The summed E-state index contributed by atoms with van der Waals surface area (Å²) in [5.41, 5.74) is -1.93. The zero-order valence-corrected chi connectivity index (χ0v) is 13.4. The Hall–Kier alpha value is -2.83. The molecule has 2 aromatic heterocycles. The number of hydrogen-bond acceptors (Lipinski definition) is 2. The van der Waals surface area contributed by atoms with Crippen LogP contribution in [0.3, 0.4) is 0 Å². The van der Waals surface area contributed by atoms with Crippen molar-refractivity contribution in [1.29, 1.82) is 0 Å². The topological polar surface area (TPSA) is 46.3 Å². The van der Waals surface area contributed by atoms with Gasteiger partial charge in [-0.1, -0.05) is 31.2 Å². The van der Waals surface area contributed by atoms with E-state index in [4.69, 9.17) is 0 Å². The summed E-state index contributed by atoms with van der Waals surface area (Å²) in [4.78, 5) is 12.8. The summed E-state index contributed by atoms with van der Waals surface area (Å²) >= 11 is 0. The molecule has 0 saturated heterocycles. The molecule has 0 aliphatic heterocycles. The van der Waals surface area contributed by atoms with Gasteiger partial charge in [-0.2, -0.15) is 22.1 Å². The lowest BCUT2D eigenvalue weighted by atomic mass is 10.0. The summed E-state index contributed by atoms with van der Waals surface area (Å²) in [5.74, 6) is -0.463. The second-order valence-corrected chi connectivity index (χ2v) is 5.63. The quantitative estimate of drug-likeness (QED) is 0.737. The molecule has 0 bridgehead atoms. The summed E-state index contributed by atoms with van der Waals surface area (Å²) in [6, 6.07) is 9.71. The minimum atomic E-state index is -4.64. The van der Waals surface area contributed by atoms with E-state index in [1.807, 2.05) is 6.92 Å². The number of benzene rings is 1. The van der Waals surface area contributed by atoms with Gasteiger partial charge in [-0.3, -0.25) is 0 Å². The highest BCUT2D eigenvalue weighted by Crippen LogP contribution is 2.38. The van der Waals surface area contributed by atoms with E-state index >= 15 is 0 Å². The lowest BCUT2D eigenvalue weighted by molar-refractivity contribution is -0.532. The van der Waals surface area contributed by atoms with Crippen LogP contribution < -0.4 is 9.96 Å². The van der Waals surface area contributed by atoms with Gasteiger partial charge in [-0.25, -0.2) is 4.79 Å². The maximum absolute atomic E-state index is 13.4. The minimum absolute atomic E-state index is 0.333. The molecular formula is C18H16F3N2O2+. The number of aryl methyl sites for hydroxylation is 1. The van der Waals surface area contributed by atoms with Crippen LogP contribution in [0.5, 0.6) is 5.88 Å². The molecule has 130 valence electrons. The van der Waals surface area contributed by atoms with E-state index < -0.39 is 23.2 Å². The largest absolute Gasteiger partial charge is 0.477 e. The van der Waals surface area contributed by atoms with Crippen molar-refractivity contribution in [2.24, 2.45) is 0 Å². The second-order valence-electron chi connectivity index (χ2n) is 5.63. The Morgan fingerprint density at radius 1 is 1.12 bits per heavy atom. The number of nitrogens with zero attached hydrogens (tertiary/aromatic N) is 2. The third-order valence-corrected chi connectivity index (χ3v) is 3.98. The molecular weight excluding hydrogens is 333 g/mol. The van der Waals surface area contributed by atoms with Crippen molar-refractivity contribution in [2.75, 3.05) is 0 Å². The molecule has 2 heterocycles. The molecule has 0 aliphatic rings. The Kier molecular flexibility index (Phi) is 4.24. The number of halogens is 3. The first-order valence-electron chi connectivity index (χ1n) is 7.79. The van der Waals surface area contributed by atoms with Gasteiger partial charge >= 0.3 is 11.7 Å². The molecule has 1 N–H and O–H groups in total. The number of pyridine rings is 1. The summed E-state index contributed by atoms with van der Waals surface area (Å²) in [7, 11) is 0. The molecule has 0 unspecified atom stereocenters. The molecule has 3 rings (SSSR count). The van der Waals surface area contributed by atoms with E-state index in [2.05, 4.69) is 0 Å². The number of aromatic hydroxyl groups is 1. The van der Waals surface area contributed by atoms with E-state index in [-0.39, 0.29) is 11.1 Å². The van der Waals surface area contributed by atoms with Crippen molar-refractivity contribution in [3.05, 3.63) is 64.6 Å². The summed E-state index contributed by atoms with van der Waals surface area (Å²) in [6.45, 7) is 2.24. The highest BCUT2D eigenvalue weighted by Gasteiger charge is 2.36. The number of fused-ring (bicyclic) bond motifs is 1. The Morgan fingerprint density at radius 2 is 1.80 bits per heavy atom. The normalized spacial score (nSPS) is 11.8. The summed E-state index contributed by atoms with van der Waals surface area (Å²) < 4.78 is 42.8. The lowest BCUT2D eigenvalue weighted by Crippen LogP contribution is -2.43. The van der Waals surface area contributed by atoms with Crippen LogP contribution in [0.2, 0.25) is 0 Å². The van der Waals surface area contributed by atoms with Crippen molar-refractivity contribution in [3.8, 4) is 17.0 Å². The fourth-order valence-electron chi connectivity index (χ4n) is 2.91. The molecule has 0 radical (unpaired) electrons. The van der Waals surface area contributed by atoms with Gasteiger partial charge in [-0.15, -0.1) is 0 Å².